The van der Waals surface area contributed by atoms with Gasteiger partial charge in [-0.05, 0) is 19.1 Å². The van der Waals surface area contributed by atoms with Gasteiger partial charge in [-0.2, -0.15) is 0 Å². The van der Waals surface area contributed by atoms with Gasteiger partial charge in [-0.15, -0.1) is 0 Å². The number of benzene rings is 1. The van der Waals surface area contributed by atoms with E-state index in [9.17, 15) is 9.18 Å². The number of aromatic nitrogens is 1. The molecule has 2 rings (SSSR count). The van der Waals surface area contributed by atoms with Crippen molar-refractivity contribution in [2.24, 2.45) is 5.73 Å². The molecule has 2 aromatic rings. The van der Waals surface area contributed by atoms with Gasteiger partial charge < -0.3 is 16.2 Å². The summed E-state index contributed by atoms with van der Waals surface area (Å²) in [5.41, 5.74) is 11.4. The maximum Gasteiger partial charge on any atom is 0.293 e. The molecule has 0 saturated heterocycles. The van der Waals surface area contributed by atoms with Gasteiger partial charge in [0.15, 0.2) is 11.6 Å². The van der Waals surface area contributed by atoms with Crippen LogP contribution in [0.3, 0.4) is 0 Å². The minimum atomic E-state index is -0.777. The predicted octanol–water partition coefficient (Wildman–Crippen LogP) is 3.09. The average Bonchev–Trinajstić information content (AvgIpc) is 2.52. The second-order valence-corrected chi connectivity index (χ2v) is 5.52. The standard InChI is InChI=1S/C16H12Cl2FN3O2/c1-8(14-10(17)3-4-11(19)15(14)18)24-12-6-9(2-5-13(20)23)7-22-16(12)21/h3-4,6-8H,1H3,(H2,20,23)(H2,21,22). The van der Waals surface area contributed by atoms with E-state index in [1.165, 1.54) is 18.3 Å². The van der Waals surface area contributed by atoms with Crippen LogP contribution in [0.15, 0.2) is 24.4 Å². The van der Waals surface area contributed by atoms with E-state index in [4.69, 9.17) is 39.4 Å². The van der Waals surface area contributed by atoms with Crippen LogP contribution in [-0.2, 0) is 4.79 Å². The molecular formula is C16H12Cl2FN3O2. The Morgan fingerprint density at radius 1 is 1.42 bits per heavy atom. The summed E-state index contributed by atoms with van der Waals surface area (Å²) in [5.74, 6) is 3.60. The number of halogens is 3. The van der Waals surface area contributed by atoms with E-state index in [-0.39, 0.29) is 27.2 Å². The normalized spacial score (nSPS) is 11.3. The van der Waals surface area contributed by atoms with E-state index < -0.39 is 17.8 Å². The van der Waals surface area contributed by atoms with E-state index in [0.717, 1.165) is 6.07 Å². The van der Waals surface area contributed by atoms with Gasteiger partial charge in [0.05, 0.1) is 5.02 Å². The minimum absolute atomic E-state index is 0.0927. The lowest BCUT2D eigenvalue weighted by molar-refractivity contribution is -0.112. The maximum atomic E-state index is 13.6. The van der Waals surface area contributed by atoms with Crippen LogP contribution in [-0.4, -0.2) is 10.9 Å². The van der Waals surface area contributed by atoms with Crippen molar-refractivity contribution in [1.29, 1.82) is 0 Å². The average molecular weight is 368 g/mol. The van der Waals surface area contributed by atoms with Gasteiger partial charge in [-0.3, -0.25) is 4.79 Å². The fourth-order valence-corrected chi connectivity index (χ4v) is 2.59. The molecule has 0 bridgehead atoms. The Labute approximate surface area is 147 Å². The van der Waals surface area contributed by atoms with Gasteiger partial charge in [0, 0.05) is 34.3 Å². The van der Waals surface area contributed by atoms with E-state index in [2.05, 4.69) is 16.8 Å². The van der Waals surface area contributed by atoms with E-state index in [1.807, 2.05) is 0 Å². The van der Waals surface area contributed by atoms with Gasteiger partial charge in [0.1, 0.15) is 11.9 Å². The van der Waals surface area contributed by atoms with Gasteiger partial charge in [-0.1, -0.05) is 29.1 Å². The summed E-state index contributed by atoms with van der Waals surface area (Å²) in [6, 6.07) is 4.03. The number of carbonyl (C=O) groups is 1. The van der Waals surface area contributed by atoms with Crippen LogP contribution in [0.5, 0.6) is 5.75 Å². The molecule has 0 radical (unpaired) electrons. The quantitative estimate of drug-likeness (QED) is 0.643. The first-order chi connectivity index (χ1) is 11.3. The monoisotopic (exact) mass is 367 g/mol. The Kier molecular flexibility index (Phi) is 5.50. The van der Waals surface area contributed by atoms with Crippen LogP contribution < -0.4 is 16.2 Å². The third-order valence-electron chi connectivity index (χ3n) is 3.00. The topological polar surface area (TPSA) is 91.2 Å². The highest BCUT2D eigenvalue weighted by atomic mass is 35.5. The van der Waals surface area contributed by atoms with Gasteiger partial charge in [0.2, 0.25) is 0 Å². The van der Waals surface area contributed by atoms with Crippen LogP contribution in [0, 0.1) is 17.7 Å². The largest absolute Gasteiger partial charge is 0.482 e. The molecule has 0 aliphatic carbocycles. The molecule has 1 heterocycles. The van der Waals surface area contributed by atoms with Crippen molar-refractivity contribution in [2.45, 2.75) is 13.0 Å². The molecule has 0 aliphatic heterocycles. The van der Waals surface area contributed by atoms with Crippen LogP contribution in [0.25, 0.3) is 0 Å². The first-order valence-electron chi connectivity index (χ1n) is 6.66. The van der Waals surface area contributed by atoms with Crippen molar-refractivity contribution in [3.05, 3.63) is 51.4 Å². The number of anilines is 1. The number of nitrogens with zero attached hydrogens (tertiary/aromatic N) is 1. The van der Waals surface area contributed by atoms with Crippen LogP contribution in [0.2, 0.25) is 10.0 Å². The number of pyridine rings is 1. The second kappa shape index (κ2) is 7.39. The number of hydrogen-bond acceptors (Lipinski definition) is 4. The molecule has 1 atom stereocenters. The lowest BCUT2D eigenvalue weighted by atomic mass is 10.1. The summed E-state index contributed by atoms with van der Waals surface area (Å²) in [6.45, 7) is 1.63. The molecular weight excluding hydrogens is 356 g/mol. The fraction of sp³-hybridized carbons (Fsp3) is 0.125. The third-order valence-corrected chi connectivity index (χ3v) is 3.72. The molecule has 1 aromatic heterocycles. The van der Waals surface area contributed by atoms with Crippen LogP contribution in [0.1, 0.15) is 24.2 Å². The summed E-state index contributed by atoms with van der Waals surface area (Å²) in [7, 11) is 0. The minimum Gasteiger partial charge on any atom is -0.482 e. The molecule has 0 spiro atoms. The van der Waals surface area contributed by atoms with Crippen molar-refractivity contribution < 1.29 is 13.9 Å². The lowest BCUT2D eigenvalue weighted by Gasteiger charge is -2.18. The van der Waals surface area contributed by atoms with Gasteiger partial charge >= 0.3 is 0 Å². The molecule has 8 heteroatoms. The number of nitrogens with two attached hydrogens (primary N) is 2. The Bertz CT molecular complexity index is 862. The van der Waals surface area contributed by atoms with Crippen molar-refractivity contribution >= 4 is 34.9 Å². The zero-order chi connectivity index (χ0) is 17.9. The van der Waals surface area contributed by atoms with Gasteiger partial charge in [0.25, 0.3) is 5.91 Å². The molecule has 1 amide bonds. The Balaban J connectivity index is 2.35. The third kappa shape index (κ3) is 4.07. The SMILES string of the molecule is CC(Oc1cc(C#CC(N)=O)cnc1N)c1c(Cl)ccc(F)c1Cl. The van der Waals surface area contributed by atoms with Crippen molar-refractivity contribution in [2.75, 3.05) is 5.73 Å². The summed E-state index contributed by atoms with van der Waals surface area (Å²) in [6.07, 6.45) is 0.662. The molecule has 1 aromatic carbocycles. The zero-order valence-corrected chi connectivity index (χ0v) is 14.0. The van der Waals surface area contributed by atoms with Gasteiger partial charge in [-0.25, -0.2) is 9.37 Å². The summed E-state index contributed by atoms with van der Waals surface area (Å²) in [5, 5.41) is 0.122. The second-order valence-electron chi connectivity index (χ2n) is 4.74. The highest BCUT2D eigenvalue weighted by Crippen LogP contribution is 2.35. The number of nitrogen functional groups attached to an aromatic ring is 1. The molecule has 0 fully saturated rings. The van der Waals surface area contributed by atoms with Crippen LogP contribution >= 0.6 is 23.2 Å². The summed E-state index contributed by atoms with van der Waals surface area (Å²) in [4.78, 5) is 14.6. The molecule has 5 nitrogen and oxygen atoms in total. The Hall–Kier alpha value is -2.49. The number of hydrogen-bond donors (Lipinski definition) is 2. The lowest BCUT2D eigenvalue weighted by Crippen LogP contribution is -2.08. The number of rotatable bonds is 3. The van der Waals surface area contributed by atoms with E-state index in [1.54, 1.807) is 6.92 Å². The molecule has 0 saturated carbocycles. The highest BCUT2D eigenvalue weighted by molar-refractivity contribution is 6.36. The van der Waals surface area contributed by atoms with Crippen molar-refractivity contribution in [1.82, 2.24) is 4.98 Å². The number of carbonyl (C=O) groups excluding carboxylic acids is 1. The smallest absolute Gasteiger partial charge is 0.293 e. The molecule has 24 heavy (non-hydrogen) atoms. The van der Waals surface area contributed by atoms with E-state index >= 15 is 0 Å². The zero-order valence-electron chi connectivity index (χ0n) is 12.4. The van der Waals surface area contributed by atoms with Crippen LogP contribution in [0.4, 0.5) is 10.2 Å². The Morgan fingerprint density at radius 2 is 2.12 bits per heavy atom. The molecule has 0 aliphatic rings. The predicted molar refractivity (Wildman–Crippen MR) is 90.2 cm³/mol. The number of ether oxygens (including phenoxy) is 1. The Morgan fingerprint density at radius 3 is 2.79 bits per heavy atom. The van der Waals surface area contributed by atoms with Crippen molar-refractivity contribution in [3.63, 3.8) is 0 Å². The summed E-state index contributed by atoms with van der Waals surface area (Å²) >= 11 is 12.0. The number of primary amides is 1. The fourth-order valence-electron chi connectivity index (χ4n) is 1.92. The molecule has 4 N–H and O–H groups in total. The maximum absolute atomic E-state index is 13.6. The summed E-state index contributed by atoms with van der Waals surface area (Å²) < 4.78 is 19.3. The number of amides is 1. The van der Waals surface area contributed by atoms with E-state index in [0.29, 0.717) is 5.56 Å². The molecule has 124 valence electrons. The highest BCUT2D eigenvalue weighted by Gasteiger charge is 2.19. The first-order valence-corrected chi connectivity index (χ1v) is 7.42. The van der Waals surface area contributed by atoms with Crippen molar-refractivity contribution in [3.8, 4) is 17.6 Å². The molecule has 1 unspecified atom stereocenters. The first kappa shape index (κ1) is 17.9.